The number of Topliss-reactive ketones (excluding diaryl/α,β-unsaturated/α-hetero) is 1. The molecule has 0 aromatic heterocycles. The molecule has 1 aliphatic rings. The molecule has 0 unspecified atom stereocenters. The second kappa shape index (κ2) is 2.96. The van der Waals surface area contributed by atoms with Gasteiger partial charge in [0.2, 0.25) is 0 Å². The first-order valence-electron chi connectivity index (χ1n) is 4.55. The van der Waals surface area contributed by atoms with E-state index >= 15 is 0 Å². The topological polar surface area (TPSA) is 43.1 Å². The average Bonchev–Trinajstić information content (AvgIpc) is 2.45. The first kappa shape index (κ1) is 8.45. The van der Waals surface area contributed by atoms with Crippen LogP contribution in [0.5, 0.6) is 0 Å². The molecule has 0 radical (unpaired) electrons. The van der Waals surface area contributed by atoms with Crippen molar-refractivity contribution in [1.82, 2.24) is 0 Å². The molecular weight excluding hydrogens is 162 g/mol. The molecule has 2 heteroatoms. The summed E-state index contributed by atoms with van der Waals surface area (Å²) in [5, 5.41) is 0. The van der Waals surface area contributed by atoms with Crippen molar-refractivity contribution in [1.29, 1.82) is 0 Å². The van der Waals surface area contributed by atoms with Crippen molar-refractivity contribution in [2.24, 2.45) is 5.73 Å². The maximum absolute atomic E-state index is 11.3. The highest BCUT2D eigenvalue weighted by Crippen LogP contribution is 2.38. The third-order valence-electron chi connectivity index (χ3n) is 2.75. The zero-order chi connectivity index (χ0) is 9.42. The van der Waals surface area contributed by atoms with Gasteiger partial charge in [0.25, 0.3) is 0 Å². The van der Waals surface area contributed by atoms with E-state index in [9.17, 15) is 4.79 Å². The van der Waals surface area contributed by atoms with Crippen LogP contribution in [0.4, 0.5) is 0 Å². The lowest BCUT2D eigenvalue weighted by Gasteiger charge is -2.05. The van der Waals surface area contributed by atoms with E-state index in [2.05, 4.69) is 0 Å². The third-order valence-corrected chi connectivity index (χ3v) is 2.75. The summed E-state index contributed by atoms with van der Waals surface area (Å²) < 4.78 is 0. The molecule has 0 bridgehead atoms. The van der Waals surface area contributed by atoms with Gasteiger partial charge in [0.15, 0.2) is 0 Å². The minimum Gasteiger partial charge on any atom is -0.324 e. The first-order valence-corrected chi connectivity index (χ1v) is 4.55. The lowest BCUT2D eigenvalue weighted by atomic mass is 9.98. The number of hydrogen-bond donors (Lipinski definition) is 1. The Bertz CT molecular complexity index is 346. The molecule has 0 saturated carbocycles. The Morgan fingerprint density at radius 2 is 2.00 bits per heavy atom. The Kier molecular flexibility index (Phi) is 1.93. The Labute approximate surface area is 77.8 Å². The van der Waals surface area contributed by atoms with Crippen molar-refractivity contribution in [2.75, 3.05) is 0 Å². The van der Waals surface area contributed by atoms with Gasteiger partial charge < -0.3 is 5.73 Å². The van der Waals surface area contributed by atoms with Gasteiger partial charge >= 0.3 is 0 Å². The molecule has 0 fully saturated rings. The lowest BCUT2D eigenvalue weighted by Crippen LogP contribution is -2.08. The smallest absolute Gasteiger partial charge is 0.137 e. The van der Waals surface area contributed by atoms with Gasteiger partial charge in [-0.15, -0.1) is 0 Å². The van der Waals surface area contributed by atoms with Crippen LogP contribution in [0.1, 0.15) is 36.4 Å². The largest absolute Gasteiger partial charge is 0.324 e. The van der Waals surface area contributed by atoms with Gasteiger partial charge in [0.05, 0.1) is 0 Å². The van der Waals surface area contributed by atoms with Gasteiger partial charge in [-0.3, -0.25) is 4.79 Å². The van der Waals surface area contributed by atoms with Crippen LogP contribution in [-0.4, -0.2) is 5.78 Å². The second-order valence-electron chi connectivity index (χ2n) is 3.63. The van der Waals surface area contributed by atoms with Crippen LogP contribution in [-0.2, 0) is 4.79 Å². The van der Waals surface area contributed by atoms with Crippen LogP contribution in [0.3, 0.4) is 0 Å². The highest BCUT2D eigenvalue weighted by Gasteiger charge is 2.30. The molecule has 68 valence electrons. The van der Waals surface area contributed by atoms with E-state index in [-0.39, 0.29) is 17.7 Å². The average molecular weight is 175 g/mol. The molecule has 2 atom stereocenters. The van der Waals surface area contributed by atoms with Crippen LogP contribution in [0, 0.1) is 0 Å². The molecule has 0 amide bonds. The van der Waals surface area contributed by atoms with Crippen molar-refractivity contribution >= 4 is 5.78 Å². The van der Waals surface area contributed by atoms with Gasteiger partial charge in [0, 0.05) is 12.0 Å². The lowest BCUT2D eigenvalue weighted by molar-refractivity contribution is -0.118. The van der Waals surface area contributed by atoms with E-state index in [0.29, 0.717) is 0 Å². The Balaban J connectivity index is 2.47. The summed E-state index contributed by atoms with van der Waals surface area (Å²) >= 11 is 0. The number of hydrogen-bond acceptors (Lipinski definition) is 2. The van der Waals surface area contributed by atoms with Gasteiger partial charge in [-0.1, -0.05) is 24.3 Å². The summed E-state index contributed by atoms with van der Waals surface area (Å²) in [7, 11) is 0. The fourth-order valence-electron chi connectivity index (χ4n) is 2.06. The standard InChI is InChI=1S/C11H13NO/c1-7(13)10-6-11(12)9-5-3-2-4-8(9)10/h2-5,10-11H,6,12H2,1H3/t10-,11+/m0/s1. The van der Waals surface area contributed by atoms with Gasteiger partial charge in [-0.05, 0) is 24.5 Å². The number of carbonyl (C=O) groups is 1. The molecule has 0 heterocycles. The first-order chi connectivity index (χ1) is 6.20. The van der Waals surface area contributed by atoms with Crippen molar-refractivity contribution in [3.05, 3.63) is 35.4 Å². The van der Waals surface area contributed by atoms with E-state index in [1.807, 2.05) is 24.3 Å². The Morgan fingerprint density at radius 1 is 1.38 bits per heavy atom. The quantitative estimate of drug-likeness (QED) is 0.706. The number of fused-ring (bicyclic) bond motifs is 1. The van der Waals surface area contributed by atoms with Crippen LogP contribution in [0.15, 0.2) is 24.3 Å². The molecule has 1 aliphatic carbocycles. The van der Waals surface area contributed by atoms with E-state index < -0.39 is 0 Å². The SMILES string of the molecule is CC(=O)[C@@H]1C[C@@H](N)c2ccccc21. The maximum atomic E-state index is 11.3. The minimum atomic E-state index is 0.0335. The molecule has 0 saturated heterocycles. The van der Waals surface area contributed by atoms with Gasteiger partial charge in [-0.2, -0.15) is 0 Å². The van der Waals surface area contributed by atoms with Crippen LogP contribution in [0.25, 0.3) is 0 Å². The molecule has 2 nitrogen and oxygen atoms in total. The molecule has 13 heavy (non-hydrogen) atoms. The molecule has 1 aromatic rings. The van der Waals surface area contributed by atoms with E-state index in [1.54, 1.807) is 6.92 Å². The summed E-state index contributed by atoms with van der Waals surface area (Å²) in [4.78, 5) is 11.3. The zero-order valence-electron chi connectivity index (χ0n) is 7.66. The van der Waals surface area contributed by atoms with E-state index in [1.165, 1.54) is 0 Å². The van der Waals surface area contributed by atoms with Crippen molar-refractivity contribution in [3.63, 3.8) is 0 Å². The Hall–Kier alpha value is -1.15. The molecule has 2 rings (SSSR count). The van der Waals surface area contributed by atoms with Crippen LogP contribution < -0.4 is 5.73 Å². The molecule has 2 N–H and O–H groups in total. The predicted octanol–water partition coefficient (Wildman–Crippen LogP) is 1.76. The fourth-order valence-corrected chi connectivity index (χ4v) is 2.06. The molecule has 0 aliphatic heterocycles. The minimum absolute atomic E-state index is 0.0335. The maximum Gasteiger partial charge on any atom is 0.137 e. The van der Waals surface area contributed by atoms with Crippen molar-refractivity contribution in [3.8, 4) is 0 Å². The summed E-state index contributed by atoms with van der Waals surface area (Å²) in [6.45, 7) is 1.64. The number of nitrogens with two attached hydrogens (primary N) is 1. The normalized spacial score (nSPS) is 25.7. The summed E-state index contributed by atoms with van der Waals surface area (Å²) in [5.41, 5.74) is 8.19. The predicted molar refractivity (Wildman–Crippen MR) is 51.4 cm³/mol. The Morgan fingerprint density at radius 3 is 2.62 bits per heavy atom. The van der Waals surface area contributed by atoms with Crippen LogP contribution in [0.2, 0.25) is 0 Å². The number of ketones is 1. The van der Waals surface area contributed by atoms with E-state index in [4.69, 9.17) is 5.73 Å². The highest BCUT2D eigenvalue weighted by atomic mass is 16.1. The highest BCUT2D eigenvalue weighted by molar-refractivity contribution is 5.84. The third kappa shape index (κ3) is 1.27. The van der Waals surface area contributed by atoms with Gasteiger partial charge in [-0.25, -0.2) is 0 Å². The number of benzene rings is 1. The summed E-state index contributed by atoms with van der Waals surface area (Å²) in [6, 6.07) is 8.01. The number of rotatable bonds is 1. The van der Waals surface area contributed by atoms with Crippen molar-refractivity contribution < 1.29 is 4.79 Å². The second-order valence-corrected chi connectivity index (χ2v) is 3.63. The zero-order valence-corrected chi connectivity index (χ0v) is 7.66. The molecular formula is C11H13NO. The van der Waals surface area contributed by atoms with E-state index in [0.717, 1.165) is 17.5 Å². The molecule has 0 spiro atoms. The number of carbonyl (C=O) groups excluding carboxylic acids is 1. The fraction of sp³-hybridized carbons (Fsp3) is 0.364. The monoisotopic (exact) mass is 175 g/mol. The molecule has 1 aromatic carbocycles. The summed E-state index contributed by atoms with van der Waals surface area (Å²) in [6.07, 6.45) is 0.772. The summed E-state index contributed by atoms with van der Waals surface area (Å²) in [5.74, 6) is 0.256. The van der Waals surface area contributed by atoms with Gasteiger partial charge in [0.1, 0.15) is 5.78 Å². The van der Waals surface area contributed by atoms with Crippen molar-refractivity contribution in [2.45, 2.75) is 25.3 Å². The van der Waals surface area contributed by atoms with Crippen LogP contribution >= 0.6 is 0 Å².